The minimum Gasteiger partial charge on any atom is -0.497 e. The van der Waals surface area contributed by atoms with Gasteiger partial charge in [-0.05, 0) is 6.07 Å². The van der Waals surface area contributed by atoms with Crippen molar-refractivity contribution >= 4 is 0 Å². The molecule has 0 fully saturated rings. The zero-order chi connectivity index (χ0) is 8.39. The van der Waals surface area contributed by atoms with Crippen LogP contribution in [-0.4, -0.2) is 13.8 Å². The molecule has 0 amide bonds. The SMILES string of the molecule is COc1ccc2c(c1)OCNC2. The molecule has 0 aliphatic carbocycles. The van der Waals surface area contributed by atoms with E-state index >= 15 is 0 Å². The lowest BCUT2D eigenvalue weighted by atomic mass is 10.2. The van der Waals surface area contributed by atoms with E-state index in [1.165, 1.54) is 5.56 Å². The van der Waals surface area contributed by atoms with Crippen molar-refractivity contribution in [2.75, 3.05) is 13.8 Å². The smallest absolute Gasteiger partial charge is 0.139 e. The van der Waals surface area contributed by atoms with Crippen molar-refractivity contribution in [2.24, 2.45) is 0 Å². The van der Waals surface area contributed by atoms with Crippen LogP contribution in [0.3, 0.4) is 0 Å². The average Bonchev–Trinajstić information content (AvgIpc) is 2.17. The highest BCUT2D eigenvalue weighted by Crippen LogP contribution is 2.26. The van der Waals surface area contributed by atoms with Crippen LogP contribution in [-0.2, 0) is 6.54 Å². The first-order valence-corrected chi connectivity index (χ1v) is 3.90. The molecule has 3 nitrogen and oxygen atoms in total. The summed E-state index contributed by atoms with van der Waals surface area (Å²) >= 11 is 0. The number of rotatable bonds is 1. The predicted octanol–water partition coefficient (Wildman–Crippen LogP) is 1.13. The van der Waals surface area contributed by atoms with Gasteiger partial charge in [-0.1, -0.05) is 6.07 Å². The van der Waals surface area contributed by atoms with Gasteiger partial charge in [-0.25, -0.2) is 0 Å². The predicted molar refractivity (Wildman–Crippen MR) is 45.3 cm³/mol. The Balaban J connectivity index is 2.36. The number of hydrogen-bond acceptors (Lipinski definition) is 3. The minimum atomic E-state index is 0.583. The molecule has 3 heteroatoms. The molecule has 1 heterocycles. The standard InChI is InChI=1S/C9H11NO2/c1-11-8-3-2-7-5-10-6-12-9(7)4-8/h2-4,10H,5-6H2,1H3. The van der Waals surface area contributed by atoms with E-state index in [0.29, 0.717) is 6.73 Å². The second-order valence-electron chi connectivity index (χ2n) is 2.69. The molecule has 0 saturated heterocycles. The van der Waals surface area contributed by atoms with Crippen molar-refractivity contribution in [3.63, 3.8) is 0 Å². The lowest BCUT2D eigenvalue weighted by Crippen LogP contribution is -2.25. The molecule has 0 saturated carbocycles. The summed E-state index contributed by atoms with van der Waals surface area (Å²) in [7, 11) is 1.66. The van der Waals surface area contributed by atoms with Crippen LogP contribution in [0.1, 0.15) is 5.56 Å². The summed E-state index contributed by atoms with van der Waals surface area (Å²) in [5, 5.41) is 3.12. The van der Waals surface area contributed by atoms with Gasteiger partial charge in [0.1, 0.15) is 18.2 Å². The molecule has 1 N–H and O–H groups in total. The number of ether oxygens (including phenoxy) is 2. The summed E-state index contributed by atoms with van der Waals surface area (Å²) in [5.41, 5.74) is 1.18. The molecule has 0 aromatic heterocycles. The van der Waals surface area contributed by atoms with Crippen molar-refractivity contribution in [1.29, 1.82) is 0 Å². The first-order chi connectivity index (χ1) is 5.90. The molecule has 0 radical (unpaired) electrons. The molecular weight excluding hydrogens is 154 g/mol. The van der Waals surface area contributed by atoms with E-state index < -0.39 is 0 Å². The van der Waals surface area contributed by atoms with Gasteiger partial charge >= 0.3 is 0 Å². The van der Waals surface area contributed by atoms with Gasteiger partial charge in [-0.3, -0.25) is 5.32 Å². The highest BCUT2D eigenvalue weighted by Gasteiger charge is 2.09. The fourth-order valence-electron chi connectivity index (χ4n) is 1.26. The third kappa shape index (κ3) is 1.23. The van der Waals surface area contributed by atoms with E-state index in [1.807, 2.05) is 18.2 Å². The van der Waals surface area contributed by atoms with Crippen molar-refractivity contribution in [2.45, 2.75) is 6.54 Å². The van der Waals surface area contributed by atoms with Gasteiger partial charge in [0.2, 0.25) is 0 Å². The average molecular weight is 165 g/mol. The summed E-state index contributed by atoms with van der Waals surface area (Å²) in [4.78, 5) is 0. The van der Waals surface area contributed by atoms with Gasteiger partial charge in [0.25, 0.3) is 0 Å². The maximum absolute atomic E-state index is 5.37. The first-order valence-electron chi connectivity index (χ1n) is 3.90. The zero-order valence-corrected chi connectivity index (χ0v) is 6.96. The molecular formula is C9H11NO2. The molecule has 0 unspecified atom stereocenters. The van der Waals surface area contributed by atoms with E-state index in [2.05, 4.69) is 5.32 Å². The largest absolute Gasteiger partial charge is 0.497 e. The van der Waals surface area contributed by atoms with E-state index in [9.17, 15) is 0 Å². The van der Waals surface area contributed by atoms with Crippen LogP contribution in [0, 0.1) is 0 Å². The van der Waals surface area contributed by atoms with Gasteiger partial charge in [0.15, 0.2) is 0 Å². The molecule has 0 bridgehead atoms. The minimum absolute atomic E-state index is 0.583. The van der Waals surface area contributed by atoms with Gasteiger partial charge < -0.3 is 9.47 Å². The quantitative estimate of drug-likeness (QED) is 0.676. The Morgan fingerprint density at radius 2 is 2.42 bits per heavy atom. The van der Waals surface area contributed by atoms with E-state index in [1.54, 1.807) is 7.11 Å². The topological polar surface area (TPSA) is 30.5 Å². The molecule has 64 valence electrons. The maximum atomic E-state index is 5.37. The Bertz CT molecular complexity index is 286. The van der Waals surface area contributed by atoms with Crippen LogP contribution in [0.5, 0.6) is 11.5 Å². The summed E-state index contributed by atoms with van der Waals surface area (Å²) < 4.78 is 10.5. The number of methoxy groups -OCH3 is 1. The Morgan fingerprint density at radius 3 is 3.25 bits per heavy atom. The monoisotopic (exact) mass is 165 g/mol. The second-order valence-corrected chi connectivity index (χ2v) is 2.69. The van der Waals surface area contributed by atoms with Crippen molar-refractivity contribution in [1.82, 2.24) is 5.32 Å². The number of benzene rings is 1. The van der Waals surface area contributed by atoms with Gasteiger partial charge in [0.05, 0.1) is 7.11 Å². The van der Waals surface area contributed by atoms with Crippen LogP contribution in [0.25, 0.3) is 0 Å². The molecule has 1 aromatic rings. The van der Waals surface area contributed by atoms with Gasteiger partial charge in [0, 0.05) is 18.2 Å². The lowest BCUT2D eigenvalue weighted by Gasteiger charge is -2.18. The van der Waals surface area contributed by atoms with Crippen molar-refractivity contribution in [3.05, 3.63) is 23.8 Å². The second kappa shape index (κ2) is 3.03. The number of hydrogen-bond donors (Lipinski definition) is 1. The fraction of sp³-hybridized carbons (Fsp3) is 0.333. The third-order valence-electron chi connectivity index (χ3n) is 1.92. The Hall–Kier alpha value is -1.22. The highest BCUT2D eigenvalue weighted by molar-refractivity contribution is 5.41. The number of fused-ring (bicyclic) bond motifs is 1. The van der Waals surface area contributed by atoms with Crippen LogP contribution >= 0.6 is 0 Å². The zero-order valence-electron chi connectivity index (χ0n) is 6.96. The van der Waals surface area contributed by atoms with Crippen LogP contribution in [0.15, 0.2) is 18.2 Å². The summed E-state index contributed by atoms with van der Waals surface area (Å²) in [5.74, 6) is 1.77. The third-order valence-corrected chi connectivity index (χ3v) is 1.92. The molecule has 12 heavy (non-hydrogen) atoms. The summed E-state index contributed by atoms with van der Waals surface area (Å²) in [6.07, 6.45) is 0. The highest BCUT2D eigenvalue weighted by atomic mass is 16.5. The van der Waals surface area contributed by atoms with Crippen LogP contribution in [0.4, 0.5) is 0 Å². The van der Waals surface area contributed by atoms with Crippen LogP contribution < -0.4 is 14.8 Å². The van der Waals surface area contributed by atoms with Crippen LogP contribution in [0.2, 0.25) is 0 Å². The lowest BCUT2D eigenvalue weighted by molar-refractivity contribution is 0.255. The molecule has 1 aromatic carbocycles. The normalized spacial score (nSPS) is 14.8. The molecule has 2 rings (SSSR count). The van der Waals surface area contributed by atoms with Crippen molar-refractivity contribution in [3.8, 4) is 11.5 Å². The molecule has 0 spiro atoms. The number of nitrogens with one attached hydrogen (secondary N) is 1. The molecule has 1 aliphatic heterocycles. The molecule has 0 atom stereocenters. The first kappa shape index (κ1) is 7.43. The van der Waals surface area contributed by atoms with Crippen molar-refractivity contribution < 1.29 is 9.47 Å². The van der Waals surface area contributed by atoms with Gasteiger partial charge in [-0.15, -0.1) is 0 Å². The molecule has 1 aliphatic rings. The van der Waals surface area contributed by atoms with Gasteiger partial charge in [-0.2, -0.15) is 0 Å². The Morgan fingerprint density at radius 1 is 1.50 bits per heavy atom. The fourth-order valence-corrected chi connectivity index (χ4v) is 1.26. The maximum Gasteiger partial charge on any atom is 0.139 e. The summed E-state index contributed by atoms with van der Waals surface area (Å²) in [6, 6.07) is 5.87. The Kier molecular flexibility index (Phi) is 1.87. The van der Waals surface area contributed by atoms with E-state index in [-0.39, 0.29) is 0 Å². The van der Waals surface area contributed by atoms with E-state index in [0.717, 1.165) is 18.0 Å². The summed E-state index contributed by atoms with van der Waals surface area (Å²) in [6.45, 7) is 1.46. The van der Waals surface area contributed by atoms with E-state index in [4.69, 9.17) is 9.47 Å². The Labute approximate surface area is 71.3 Å².